The number of ether oxygens (including phenoxy) is 2. The molecule has 192 valence electrons. The average molecular weight is 505 g/mol. The van der Waals surface area contributed by atoms with Crippen LogP contribution < -0.4 is 10.6 Å². The van der Waals surface area contributed by atoms with Crippen LogP contribution in [0, 0.1) is 0 Å². The summed E-state index contributed by atoms with van der Waals surface area (Å²) in [5.41, 5.74) is 2.25. The molecule has 37 heavy (non-hydrogen) atoms. The van der Waals surface area contributed by atoms with Gasteiger partial charge in [-0.2, -0.15) is 0 Å². The Morgan fingerprint density at radius 1 is 0.649 bits per heavy atom. The Kier molecular flexibility index (Phi) is 10.2. The number of benzene rings is 3. The van der Waals surface area contributed by atoms with Crippen molar-refractivity contribution in [3.8, 4) is 0 Å². The first-order valence-electron chi connectivity index (χ1n) is 11.6. The number of esters is 1. The lowest BCUT2D eigenvalue weighted by Gasteiger charge is -2.21. The van der Waals surface area contributed by atoms with E-state index in [-0.39, 0.29) is 19.6 Å². The van der Waals surface area contributed by atoms with Crippen molar-refractivity contribution in [2.24, 2.45) is 0 Å². The molecule has 0 fully saturated rings. The first kappa shape index (κ1) is 26.9. The van der Waals surface area contributed by atoms with E-state index in [9.17, 15) is 24.3 Å². The number of aliphatic carboxylic acids is 1. The van der Waals surface area contributed by atoms with Gasteiger partial charge in [0.2, 0.25) is 5.91 Å². The van der Waals surface area contributed by atoms with Gasteiger partial charge in [0, 0.05) is 6.42 Å². The molecule has 9 nitrogen and oxygen atoms in total. The molecule has 0 aliphatic carbocycles. The topological polar surface area (TPSA) is 131 Å². The summed E-state index contributed by atoms with van der Waals surface area (Å²) in [6.07, 6.45) is -1.34. The molecule has 0 spiro atoms. The molecule has 0 unspecified atom stereocenters. The highest BCUT2D eigenvalue weighted by Gasteiger charge is 2.29. The van der Waals surface area contributed by atoms with E-state index in [0.29, 0.717) is 0 Å². The molecule has 0 heterocycles. The third kappa shape index (κ3) is 9.48. The summed E-state index contributed by atoms with van der Waals surface area (Å²) in [5, 5.41) is 14.4. The van der Waals surface area contributed by atoms with Gasteiger partial charge in [-0.15, -0.1) is 0 Å². The molecular weight excluding hydrogens is 476 g/mol. The number of amides is 2. The van der Waals surface area contributed by atoms with Crippen LogP contribution in [0.25, 0.3) is 0 Å². The van der Waals surface area contributed by atoms with Gasteiger partial charge in [-0.05, 0) is 16.7 Å². The first-order chi connectivity index (χ1) is 17.9. The number of carboxylic acids is 1. The molecular formula is C28H28N2O7. The monoisotopic (exact) mass is 504 g/mol. The predicted octanol–water partition coefficient (Wildman–Crippen LogP) is 3.23. The maximum absolute atomic E-state index is 13.0. The standard InChI is InChI=1S/C28H28N2O7/c31-25(36-18-21-12-6-2-7-13-21)17-24(27(33)34)29-26(32)23(16-20-10-4-1-5-11-20)30-28(35)37-19-22-14-8-3-9-15-22/h1-15,23-24H,16-19H2,(H,29,32)(H,30,35)(H,33,34)/t23-,24+/m0/s1. The van der Waals surface area contributed by atoms with Crippen molar-refractivity contribution < 1.29 is 33.8 Å². The average Bonchev–Trinajstić information content (AvgIpc) is 2.91. The van der Waals surface area contributed by atoms with Gasteiger partial charge in [-0.3, -0.25) is 9.59 Å². The zero-order valence-corrected chi connectivity index (χ0v) is 20.0. The summed E-state index contributed by atoms with van der Waals surface area (Å²) in [6, 6.07) is 24.2. The van der Waals surface area contributed by atoms with Gasteiger partial charge in [0.25, 0.3) is 0 Å². The zero-order valence-electron chi connectivity index (χ0n) is 20.0. The molecule has 9 heteroatoms. The van der Waals surface area contributed by atoms with Crippen molar-refractivity contribution in [3.63, 3.8) is 0 Å². The van der Waals surface area contributed by atoms with Crippen LogP contribution >= 0.6 is 0 Å². The lowest BCUT2D eigenvalue weighted by molar-refractivity contribution is -0.151. The second-order valence-electron chi connectivity index (χ2n) is 8.20. The van der Waals surface area contributed by atoms with Gasteiger partial charge >= 0.3 is 18.0 Å². The van der Waals surface area contributed by atoms with Crippen molar-refractivity contribution in [3.05, 3.63) is 108 Å². The van der Waals surface area contributed by atoms with E-state index in [1.54, 1.807) is 72.8 Å². The molecule has 0 bridgehead atoms. The number of carbonyl (C=O) groups is 4. The van der Waals surface area contributed by atoms with E-state index in [2.05, 4.69) is 10.6 Å². The molecule has 3 rings (SSSR count). The Labute approximate surface area is 214 Å². The van der Waals surface area contributed by atoms with Gasteiger partial charge in [-0.1, -0.05) is 91.0 Å². The summed E-state index contributed by atoms with van der Waals surface area (Å²) in [5.74, 6) is -2.97. The second kappa shape index (κ2) is 14.0. The molecule has 0 saturated carbocycles. The Balaban J connectivity index is 1.61. The van der Waals surface area contributed by atoms with Gasteiger partial charge in [-0.25, -0.2) is 9.59 Å². The minimum atomic E-state index is -1.55. The number of alkyl carbamates (subject to hydrolysis) is 1. The predicted molar refractivity (Wildman–Crippen MR) is 134 cm³/mol. The third-order valence-electron chi connectivity index (χ3n) is 5.33. The highest BCUT2D eigenvalue weighted by molar-refractivity contribution is 5.91. The maximum Gasteiger partial charge on any atom is 0.408 e. The summed E-state index contributed by atoms with van der Waals surface area (Å²) in [6.45, 7) is -0.0250. The lowest BCUT2D eigenvalue weighted by atomic mass is 10.0. The fourth-order valence-electron chi connectivity index (χ4n) is 3.40. The molecule has 3 aromatic rings. The minimum Gasteiger partial charge on any atom is -0.480 e. The van der Waals surface area contributed by atoms with Crippen molar-refractivity contribution in [2.45, 2.75) is 38.1 Å². The van der Waals surface area contributed by atoms with E-state index in [0.717, 1.165) is 16.7 Å². The number of carbonyl (C=O) groups excluding carboxylic acids is 3. The van der Waals surface area contributed by atoms with Gasteiger partial charge < -0.3 is 25.2 Å². The van der Waals surface area contributed by atoms with Crippen molar-refractivity contribution in [1.29, 1.82) is 0 Å². The summed E-state index contributed by atoms with van der Waals surface area (Å²) in [4.78, 5) is 49.5. The van der Waals surface area contributed by atoms with Crippen LogP contribution in [0.5, 0.6) is 0 Å². The normalized spacial score (nSPS) is 12.0. The largest absolute Gasteiger partial charge is 0.480 e. The minimum absolute atomic E-state index is 0.00262. The Morgan fingerprint density at radius 3 is 1.65 bits per heavy atom. The zero-order chi connectivity index (χ0) is 26.5. The Morgan fingerprint density at radius 2 is 1.14 bits per heavy atom. The molecule has 3 N–H and O–H groups in total. The van der Waals surface area contributed by atoms with Crippen LogP contribution in [0.15, 0.2) is 91.0 Å². The highest BCUT2D eigenvalue weighted by atomic mass is 16.5. The van der Waals surface area contributed by atoms with E-state index < -0.39 is 42.4 Å². The van der Waals surface area contributed by atoms with Crippen LogP contribution in [0.3, 0.4) is 0 Å². The Bertz CT molecular complexity index is 1170. The van der Waals surface area contributed by atoms with Gasteiger partial charge in [0.05, 0.1) is 6.42 Å². The van der Waals surface area contributed by atoms with Crippen molar-refractivity contribution in [1.82, 2.24) is 10.6 Å². The molecule has 2 atom stereocenters. The molecule has 2 amide bonds. The van der Waals surface area contributed by atoms with E-state index >= 15 is 0 Å². The smallest absolute Gasteiger partial charge is 0.408 e. The van der Waals surface area contributed by atoms with Crippen LogP contribution in [-0.2, 0) is 43.5 Å². The van der Waals surface area contributed by atoms with Gasteiger partial charge in [0.15, 0.2) is 0 Å². The molecule has 0 aliphatic rings. The molecule has 3 aromatic carbocycles. The quantitative estimate of drug-likeness (QED) is 0.323. The van der Waals surface area contributed by atoms with E-state index in [4.69, 9.17) is 9.47 Å². The van der Waals surface area contributed by atoms with Gasteiger partial charge in [0.1, 0.15) is 25.3 Å². The van der Waals surface area contributed by atoms with Crippen molar-refractivity contribution in [2.75, 3.05) is 0 Å². The fourth-order valence-corrected chi connectivity index (χ4v) is 3.40. The number of nitrogens with one attached hydrogen (secondary N) is 2. The molecule has 0 aromatic heterocycles. The Hall–Kier alpha value is -4.66. The summed E-state index contributed by atoms with van der Waals surface area (Å²) in [7, 11) is 0. The lowest BCUT2D eigenvalue weighted by Crippen LogP contribution is -2.53. The van der Waals surface area contributed by atoms with E-state index in [1.165, 1.54) is 0 Å². The van der Waals surface area contributed by atoms with Crippen molar-refractivity contribution >= 4 is 23.9 Å². The summed E-state index contributed by atoms with van der Waals surface area (Å²) < 4.78 is 10.4. The SMILES string of the molecule is O=C(C[C@@H](NC(=O)[C@H](Cc1ccccc1)NC(=O)OCc1ccccc1)C(=O)O)OCc1ccccc1. The van der Waals surface area contributed by atoms with Crippen LogP contribution in [0.2, 0.25) is 0 Å². The second-order valence-corrected chi connectivity index (χ2v) is 8.20. The fraction of sp³-hybridized carbons (Fsp3) is 0.214. The summed E-state index contributed by atoms with van der Waals surface area (Å²) >= 11 is 0. The molecule has 0 radical (unpaired) electrons. The number of rotatable bonds is 12. The maximum atomic E-state index is 13.0. The number of hydrogen-bond acceptors (Lipinski definition) is 6. The van der Waals surface area contributed by atoms with Crippen LogP contribution in [0.4, 0.5) is 4.79 Å². The molecule has 0 aliphatic heterocycles. The van der Waals surface area contributed by atoms with E-state index in [1.807, 2.05) is 18.2 Å². The first-order valence-corrected chi connectivity index (χ1v) is 11.6. The third-order valence-corrected chi connectivity index (χ3v) is 5.33. The van der Waals surface area contributed by atoms with Crippen LogP contribution in [0.1, 0.15) is 23.1 Å². The number of carboxylic acid groups (broad SMARTS) is 1. The molecule has 0 saturated heterocycles. The highest BCUT2D eigenvalue weighted by Crippen LogP contribution is 2.08. The number of hydrogen-bond donors (Lipinski definition) is 3. The van der Waals surface area contributed by atoms with Crippen LogP contribution in [-0.4, -0.2) is 41.1 Å².